The van der Waals surface area contributed by atoms with Crippen molar-refractivity contribution in [2.75, 3.05) is 6.54 Å². The molecule has 2 rings (SSSR count). The predicted molar refractivity (Wildman–Crippen MR) is 68.1 cm³/mol. The van der Waals surface area contributed by atoms with Crippen molar-refractivity contribution in [1.29, 1.82) is 0 Å². The zero-order valence-electron chi connectivity index (χ0n) is 11.0. The van der Waals surface area contributed by atoms with Gasteiger partial charge in [0, 0.05) is 6.42 Å². The van der Waals surface area contributed by atoms with Crippen LogP contribution in [0, 0.1) is 0 Å². The van der Waals surface area contributed by atoms with Gasteiger partial charge in [-0.15, -0.1) is 0 Å². The lowest BCUT2D eigenvalue weighted by atomic mass is 10.1. The summed E-state index contributed by atoms with van der Waals surface area (Å²) in [6, 6.07) is 4.35. The first-order valence-corrected chi connectivity index (χ1v) is 6.72. The molecule has 1 fully saturated rings. The lowest BCUT2D eigenvalue weighted by molar-refractivity contribution is 0.0269. The van der Waals surface area contributed by atoms with Gasteiger partial charge in [-0.1, -0.05) is 13.8 Å². The molecule has 0 amide bonds. The van der Waals surface area contributed by atoms with Gasteiger partial charge in [0.25, 0.3) is 0 Å². The molecule has 1 aromatic heterocycles. The molecular weight excluding hydrogens is 214 g/mol. The van der Waals surface area contributed by atoms with Crippen molar-refractivity contribution in [3.8, 4) is 0 Å². The third-order valence-corrected chi connectivity index (χ3v) is 3.40. The number of hydrogen-bond acceptors (Lipinski definition) is 3. The molecule has 2 heterocycles. The summed E-state index contributed by atoms with van der Waals surface area (Å²) in [5, 5.41) is 3.48. The molecular formula is C14H23NO2. The van der Waals surface area contributed by atoms with E-state index in [1.54, 1.807) is 0 Å². The van der Waals surface area contributed by atoms with Crippen molar-refractivity contribution in [2.24, 2.45) is 0 Å². The number of furan rings is 1. The quantitative estimate of drug-likeness (QED) is 0.854. The Labute approximate surface area is 104 Å². The van der Waals surface area contributed by atoms with E-state index in [2.05, 4.69) is 38.2 Å². The Kier molecular flexibility index (Phi) is 4.24. The average Bonchev–Trinajstić information content (AvgIpc) is 2.94. The molecule has 0 aliphatic carbocycles. The van der Waals surface area contributed by atoms with Gasteiger partial charge >= 0.3 is 0 Å². The molecule has 1 aromatic rings. The molecule has 1 aliphatic heterocycles. The highest BCUT2D eigenvalue weighted by atomic mass is 16.5. The fourth-order valence-electron chi connectivity index (χ4n) is 2.47. The highest BCUT2D eigenvalue weighted by Gasteiger charge is 2.31. The predicted octanol–water partition coefficient (Wildman–Crippen LogP) is 3.06. The van der Waals surface area contributed by atoms with E-state index < -0.39 is 0 Å². The summed E-state index contributed by atoms with van der Waals surface area (Å²) in [7, 11) is 0. The Bertz CT molecular complexity index is 348. The highest BCUT2D eigenvalue weighted by Crippen LogP contribution is 2.31. The normalized spacial score (nSPS) is 26.3. The second-order valence-electron chi connectivity index (χ2n) is 4.76. The number of hydrogen-bond donors (Lipinski definition) is 1. The summed E-state index contributed by atoms with van der Waals surface area (Å²) in [5.74, 6) is 2.07. The van der Waals surface area contributed by atoms with Gasteiger partial charge in [0.1, 0.15) is 11.5 Å². The van der Waals surface area contributed by atoms with E-state index in [1.165, 1.54) is 0 Å². The minimum atomic E-state index is 0.199. The Morgan fingerprint density at radius 3 is 2.71 bits per heavy atom. The first-order valence-electron chi connectivity index (χ1n) is 6.72. The van der Waals surface area contributed by atoms with Crippen LogP contribution in [0.25, 0.3) is 0 Å². The van der Waals surface area contributed by atoms with Gasteiger partial charge in [0.15, 0.2) is 0 Å². The lowest BCUT2D eigenvalue weighted by Crippen LogP contribution is -2.31. The first kappa shape index (κ1) is 12.7. The zero-order valence-corrected chi connectivity index (χ0v) is 11.0. The SMILES string of the molecule is CCNC(c1ccc(CC)o1)C1CCC(C)O1. The molecule has 0 radical (unpaired) electrons. The molecule has 1 N–H and O–H groups in total. The van der Waals surface area contributed by atoms with Crippen LogP contribution in [0.15, 0.2) is 16.5 Å². The van der Waals surface area contributed by atoms with Crippen molar-refractivity contribution in [3.05, 3.63) is 23.7 Å². The second-order valence-corrected chi connectivity index (χ2v) is 4.76. The monoisotopic (exact) mass is 237 g/mol. The summed E-state index contributed by atoms with van der Waals surface area (Å²) < 4.78 is 11.8. The molecule has 0 saturated carbocycles. The molecule has 3 heteroatoms. The van der Waals surface area contributed by atoms with Gasteiger partial charge in [-0.3, -0.25) is 0 Å². The number of ether oxygens (including phenoxy) is 1. The number of nitrogens with one attached hydrogen (secondary N) is 1. The van der Waals surface area contributed by atoms with Crippen LogP contribution in [-0.4, -0.2) is 18.8 Å². The number of rotatable bonds is 5. The van der Waals surface area contributed by atoms with Crippen LogP contribution in [0.5, 0.6) is 0 Å². The van der Waals surface area contributed by atoms with Crippen molar-refractivity contribution in [2.45, 2.75) is 58.3 Å². The molecule has 17 heavy (non-hydrogen) atoms. The van der Waals surface area contributed by atoms with Crippen LogP contribution in [0.3, 0.4) is 0 Å². The van der Waals surface area contributed by atoms with Crippen molar-refractivity contribution in [3.63, 3.8) is 0 Å². The molecule has 3 unspecified atom stereocenters. The van der Waals surface area contributed by atoms with Gasteiger partial charge in [-0.05, 0) is 38.4 Å². The number of likely N-dealkylation sites (N-methyl/N-ethyl adjacent to an activating group) is 1. The Morgan fingerprint density at radius 1 is 1.35 bits per heavy atom. The lowest BCUT2D eigenvalue weighted by Gasteiger charge is -2.22. The maximum absolute atomic E-state index is 5.95. The number of aryl methyl sites for hydroxylation is 1. The summed E-state index contributed by atoms with van der Waals surface area (Å²) >= 11 is 0. The third kappa shape index (κ3) is 2.90. The van der Waals surface area contributed by atoms with Crippen LogP contribution in [0.2, 0.25) is 0 Å². The summed E-state index contributed by atoms with van der Waals surface area (Å²) in [4.78, 5) is 0. The van der Waals surface area contributed by atoms with Gasteiger partial charge in [-0.2, -0.15) is 0 Å². The van der Waals surface area contributed by atoms with Crippen molar-refractivity contribution < 1.29 is 9.15 Å². The van der Waals surface area contributed by atoms with Crippen LogP contribution >= 0.6 is 0 Å². The molecule has 3 nitrogen and oxygen atoms in total. The Hall–Kier alpha value is -0.800. The first-order chi connectivity index (χ1) is 8.24. The summed E-state index contributed by atoms with van der Waals surface area (Å²) in [6.07, 6.45) is 3.83. The van der Waals surface area contributed by atoms with Gasteiger partial charge < -0.3 is 14.5 Å². The fraction of sp³-hybridized carbons (Fsp3) is 0.714. The van der Waals surface area contributed by atoms with Crippen molar-refractivity contribution >= 4 is 0 Å². The fourth-order valence-corrected chi connectivity index (χ4v) is 2.47. The molecule has 0 bridgehead atoms. The van der Waals surface area contributed by atoms with Crippen LogP contribution in [0.4, 0.5) is 0 Å². The molecule has 1 saturated heterocycles. The second kappa shape index (κ2) is 5.69. The van der Waals surface area contributed by atoms with E-state index in [0.717, 1.165) is 37.3 Å². The topological polar surface area (TPSA) is 34.4 Å². The molecule has 0 aromatic carbocycles. The Balaban J connectivity index is 2.10. The molecule has 96 valence electrons. The molecule has 0 spiro atoms. The smallest absolute Gasteiger partial charge is 0.123 e. The summed E-state index contributed by atoms with van der Waals surface area (Å²) in [6.45, 7) is 7.30. The third-order valence-electron chi connectivity index (χ3n) is 3.40. The van der Waals surface area contributed by atoms with E-state index in [4.69, 9.17) is 9.15 Å². The van der Waals surface area contributed by atoms with E-state index >= 15 is 0 Å². The Morgan fingerprint density at radius 2 is 2.18 bits per heavy atom. The van der Waals surface area contributed by atoms with E-state index in [9.17, 15) is 0 Å². The van der Waals surface area contributed by atoms with Gasteiger partial charge in [-0.25, -0.2) is 0 Å². The van der Waals surface area contributed by atoms with Crippen LogP contribution in [0.1, 0.15) is 51.2 Å². The maximum Gasteiger partial charge on any atom is 0.123 e. The van der Waals surface area contributed by atoms with Crippen molar-refractivity contribution in [1.82, 2.24) is 5.32 Å². The van der Waals surface area contributed by atoms with Gasteiger partial charge in [0.05, 0.1) is 18.2 Å². The highest BCUT2D eigenvalue weighted by molar-refractivity contribution is 5.12. The van der Waals surface area contributed by atoms with Crippen LogP contribution in [-0.2, 0) is 11.2 Å². The van der Waals surface area contributed by atoms with E-state index in [-0.39, 0.29) is 12.1 Å². The zero-order chi connectivity index (χ0) is 12.3. The average molecular weight is 237 g/mol. The molecule has 3 atom stereocenters. The minimum absolute atomic E-state index is 0.199. The van der Waals surface area contributed by atoms with Crippen LogP contribution < -0.4 is 5.32 Å². The largest absolute Gasteiger partial charge is 0.464 e. The minimum Gasteiger partial charge on any atom is -0.464 e. The standard InChI is InChI=1S/C14H23NO2/c1-4-11-7-9-13(17-11)14(15-5-2)12-8-6-10(3)16-12/h7,9-10,12,14-15H,4-6,8H2,1-3H3. The summed E-state index contributed by atoms with van der Waals surface area (Å²) in [5.41, 5.74) is 0. The van der Waals surface area contributed by atoms with Gasteiger partial charge in [0.2, 0.25) is 0 Å². The van der Waals surface area contributed by atoms with E-state index in [1.807, 2.05) is 0 Å². The maximum atomic E-state index is 5.95. The molecule has 1 aliphatic rings. The van der Waals surface area contributed by atoms with E-state index in [0.29, 0.717) is 6.10 Å².